The zero-order valence-corrected chi connectivity index (χ0v) is 14.3. The summed E-state index contributed by atoms with van der Waals surface area (Å²) >= 11 is 0. The van der Waals surface area contributed by atoms with Crippen LogP contribution in [0.3, 0.4) is 0 Å². The third-order valence-corrected chi connectivity index (χ3v) is 5.13. The SMILES string of the molecule is Cc1nc(C[C@@H]2CCCN(CC(=O)N3CCCC[C@H]3C)C2)no1. The molecule has 3 rings (SSSR count). The first-order valence-corrected chi connectivity index (χ1v) is 8.93. The fourth-order valence-electron chi connectivity index (χ4n) is 3.89. The summed E-state index contributed by atoms with van der Waals surface area (Å²) < 4.78 is 5.05. The van der Waals surface area contributed by atoms with E-state index >= 15 is 0 Å². The number of amides is 1. The van der Waals surface area contributed by atoms with E-state index in [1.165, 1.54) is 12.8 Å². The van der Waals surface area contributed by atoms with E-state index in [2.05, 4.69) is 26.9 Å². The van der Waals surface area contributed by atoms with Crippen molar-refractivity contribution in [2.75, 3.05) is 26.2 Å². The summed E-state index contributed by atoms with van der Waals surface area (Å²) in [5.41, 5.74) is 0. The minimum absolute atomic E-state index is 0.299. The highest BCUT2D eigenvalue weighted by Gasteiger charge is 2.27. The molecule has 0 saturated carbocycles. The molecule has 0 radical (unpaired) electrons. The van der Waals surface area contributed by atoms with Crippen molar-refractivity contribution in [2.45, 2.75) is 58.4 Å². The molecule has 6 nitrogen and oxygen atoms in total. The van der Waals surface area contributed by atoms with E-state index in [1.807, 2.05) is 6.92 Å². The maximum absolute atomic E-state index is 12.6. The van der Waals surface area contributed by atoms with E-state index in [0.29, 0.717) is 30.3 Å². The number of aromatic nitrogens is 2. The summed E-state index contributed by atoms with van der Waals surface area (Å²) in [5.74, 6) is 2.24. The van der Waals surface area contributed by atoms with Gasteiger partial charge in [0.05, 0.1) is 6.54 Å². The van der Waals surface area contributed by atoms with Gasteiger partial charge in [0.2, 0.25) is 11.8 Å². The van der Waals surface area contributed by atoms with Gasteiger partial charge < -0.3 is 9.42 Å². The number of piperidine rings is 2. The molecule has 2 atom stereocenters. The Morgan fingerprint density at radius 1 is 1.26 bits per heavy atom. The summed E-state index contributed by atoms with van der Waals surface area (Å²) in [4.78, 5) is 21.3. The van der Waals surface area contributed by atoms with E-state index < -0.39 is 0 Å². The van der Waals surface area contributed by atoms with Gasteiger partial charge in [-0.25, -0.2) is 0 Å². The van der Waals surface area contributed by atoms with Crippen molar-refractivity contribution in [3.8, 4) is 0 Å². The van der Waals surface area contributed by atoms with Crippen LogP contribution in [0.5, 0.6) is 0 Å². The molecule has 3 heterocycles. The van der Waals surface area contributed by atoms with Crippen LogP contribution in [0.1, 0.15) is 50.7 Å². The number of nitrogens with zero attached hydrogens (tertiary/aromatic N) is 4. The number of carbonyl (C=O) groups excluding carboxylic acids is 1. The molecule has 1 aromatic heterocycles. The van der Waals surface area contributed by atoms with Gasteiger partial charge in [0.1, 0.15) is 0 Å². The molecule has 2 saturated heterocycles. The molecule has 128 valence electrons. The van der Waals surface area contributed by atoms with Crippen LogP contribution in [0.2, 0.25) is 0 Å². The molecule has 2 fully saturated rings. The number of carbonyl (C=O) groups is 1. The fourth-order valence-corrected chi connectivity index (χ4v) is 3.89. The van der Waals surface area contributed by atoms with Gasteiger partial charge in [0.25, 0.3) is 0 Å². The highest BCUT2D eigenvalue weighted by Crippen LogP contribution is 2.21. The van der Waals surface area contributed by atoms with E-state index in [-0.39, 0.29) is 0 Å². The Hall–Kier alpha value is -1.43. The molecular weight excluding hydrogens is 292 g/mol. The lowest BCUT2D eigenvalue weighted by atomic mass is 9.94. The Bertz CT molecular complexity index is 530. The molecule has 1 aromatic rings. The van der Waals surface area contributed by atoms with Crippen molar-refractivity contribution < 1.29 is 9.32 Å². The first-order chi connectivity index (χ1) is 11.1. The van der Waals surface area contributed by atoms with E-state index in [1.54, 1.807) is 0 Å². The molecule has 2 aliphatic rings. The van der Waals surface area contributed by atoms with Crippen molar-refractivity contribution in [3.63, 3.8) is 0 Å². The molecule has 0 unspecified atom stereocenters. The summed E-state index contributed by atoms with van der Waals surface area (Å²) in [7, 11) is 0. The molecule has 1 amide bonds. The minimum Gasteiger partial charge on any atom is -0.340 e. The van der Waals surface area contributed by atoms with Crippen LogP contribution in [-0.2, 0) is 11.2 Å². The summed E-state index contributed by atoms with van der Waals surface area (Å²) in [6, 6.07) is 0.402. The number of hydrogen-bond acceptors (Lipinski definition) is 5. The Morgan fingerprint density at radius 2 is 2.13 bits per heavy atom. The van der Waals surface area contributed by atoms with E-state index in [9.17, 15) is 4.79 Å². The molecule has 0 aliphatic carbocycles. The second kappa shape index (κ2) is 7.43. The van der Waals surface area contributed by atoms with Crippen LogP contribution in [0.4, 0.5) is 0 Å². The molecule has 6 heteroatoms. The van der Waals surface area contributed by atoms with Gasteiger partial charge in [-0.05, 0) is 51.5 Å². The third kappa shape index (κ3) is 4.31. The maximum Gasteiger partial charge on any atom is 0.236 e. The zero-order chi connectivity index (χ0) is 16.2. The average molecular weight is 320 g/mol. The van der Waals surface area contributed by atoms with Crippen molar-refractivity contribution in [1.29, 1.82) is 0 Å². The lowest BCUT2D eigenvalue weighted by Gasteiger charge is -2.37. The maximum atomic E-state index is 12.6. The van der Waals surface area contributed by atoms with Crippen LogP contribution < -0.4 is 0 Å². The van der Waals surface area contributed by atoms with Gasteiger partial charge in [-0.2, -0.15) is 4.98 Å². The van der Waals surface area contributed by atoms with Crippen LogP contribution in [0.25, 0.3) is 0 Å². The van der Waals surface area contributed by atoms with Gasteiger partial charge in [-0.3, -0.25) is 9.69 Å². The van der Waals surface area contributed by atoms with Crippen LogP contribution in [-0.4, -0.2) is 58.1 Å². The quantitative estimate of drug-likeness (QED) is 0.849. The van der Waals surface area contributed by atoms with Crippen molar-refractivity contribution in [3.05, 3.63) is 11.7 Å². The lowest BCUT2D eigenvalue weighted by molar-refractivity contribution is -0.136. The van der Waals surface area contributed by atoms with Crippen LogP contribution in [0.15, 0.2) is 4.52 Å². The molecule has 0 aromatic carbocycles. The van der Waals surface area contributed by atoms with Gasteiger partial charge >= 0.3 is 0 Å². The monoisotopic (exact) mass is 320 g/mol. The molecular formula is C17H28N4O2. The topological polar surface area (TPSA) is 62.5 Å². The molecule has 23 heavy (non-hydrogen) atoms. The Balaban J connectivity index is 1.51. The molecule has 0 bridgehead atoms. The van der Waals surface area contributed by atoms with Gasteiger partial charge in [0.15, 0.2) is 5.82 Å². The Labute approximate surface area is 138 Å². The first-order valence-electron chi connectivity index (χ1n) is 8.93. The third-order valence-electron chi connectivity index (χ3n) is 5.13. The lowest BCUT2D eigenvalue weighted by Crippen LogP contribution is -2.48. The standard InChI is InChI=1S/C17H28N4O2/c1-13-6-3-4-9-21(13)17(22)12-20-8-5-7-15(11-20)10-16-18-14(2)23-19-16/h13,15H,3-12H2,1-2H3/t13-,15+/m1/s1. The van der Waals surface area contributed by atoms with Crippen molar-refractivity contribution in [2.24, 2.45) is 5.92 Å². The Morgan fingerprint density at radius 3 is 2.87 bits per heavy atom. The number of hydrogen-bond donors (Lipinski definition) is 0. The zero-order valence-electron chi connectivity index (χ0n) is 14.3. The van der Waals surface area contributed by atoms with Gasteiger partial charge in [0, 0.05) is 32.5 Å². The van der Waals surface area contributed by atoms with Crippen molar-refractivity contribution in [1.82, 2.24) is 19.9 Å². The van der Waals surface area contributed by atoms with Crippen LogP contribution >= 0.6 is 0 Å². The van der Waals surface area contributed by atoms with E-state index in [4.69, 9.17) is 4.52 Å². The fraction of sp³-hybridized carbons (Fsp3) is 0.824. The Kier molecular flexibility index (Phi) is 5.30. The largest absolute Gasteiger partial charge is 0.340 e. The van der Waals surface area contributed by atoms with Gasteiger partial charge in [-0.1, -0.05) is 5.16 Å². The molecule has 0 N–H and O–H groups in total. The van der Waals surface area contributed by atoms with E-state index in [0.717, 1.165) is 51.1 Å². The highest BCUT2D eigenvalue weighted by atomic mass is 16.5. The number of aryl methyl sites for hydroxylation is 1. The minimum atomic E-state index is 0.299. The summed E-state index contributed by atoms with van der Waals surface area (Å²) in [6.07, 6.45) is 6.72. The smallest absolute Gasteiger partial charge is 0.236 e. The predicted molar refractivity (Wildman–Crippen MR) is 86.9 cm³/mol. The highest BCUT2D eigenvalue weighted by molar-refractivity contribution is 5.78. The van der Waals surface area contributed by atoms with Crippen LogP contribution in [0, 0.1) is 12.8 Å². The second-order valence-electron chi connectivity index (χ2n) is 7.11. The van der Waals surface area contributed by atoms with Crippen molar-refractivity contribution >= 4 is 5.91 Å². The predicted octanol–water partition coefficient (Wildman–Crippen LogP) is 2.03. The summed E-state index contributed by atoms with van der Waals surface area (Å²) in [6.45, 7) is 7.47. The number of likely N-dealkylation sites (tertiary alicyclic amines) is 2. The second-order valence-corrected chi connectivity index (χ2v) is 7.11. The molecule has 0 spiro atoms. The average Bonchev–Trinajstić information content (AvgIpc) is 2.93. The summed E-state index contributed by atoms with van der Waals surface area (Å²) in [5, 5.41) is 4.00. The normalized spacial score (nSPS) is 26.4. The first kappa shape index (κ1) is 16.4. The molecule has 2 aliphatic heterocycles. The van der Waals surface area contributed by atoms with Gasteiger partial charge in [-0.15, -0.1) is 0 Å². The number of rotatable bonds is 4.